The fourth-order valence-electron chi connectivity index (χ4n) is 3.60. The largest absolute Gasteiger partial charge is 0.497 e. The minimum atomic E-state index is -0.540. The van der Waals surface area contributed by atoms with E-state index in [9.17, 15) is 9.59 Å². The zero-order valence-corrected chi connectivity index (χ0v) is 21.9. The molecule has 0 aliphatic rings. The molecule has 0 fully saturated rings. The van der Waals surface area contributed by atoms with Crippen LogP contribution in [0.3, 0.4) is 0 Å². The Morgan fingerprint density at radius 1 is 1.00 bits per heavy atom. The van der Waals surface area contributed by atoms with E-state index in [1.807, 2.05) is 75.4 Å². The van der Waals surface area contributed by atoms with Crippen LogP contribution >= 0.6 is 0 Å². The van der Waals surface area contributed by atoms with Crippen molar-refractivity contribution in [1.82, 2.24) is 20.6 Å². The third-order valence-electron chi connectivity index (χ3n) is 5.43. The van der Waals surface area contributed by atoms with Gasteiger partial charge in [0, 0.05) is 12.1 Å². The summed E-state index contributed by atoms with van der Waals surface area (Å²) in [5, 5.41) is 5.72. The number of carbonyl (C=O) groups excluding carboxylic acids is 2. The number of hydrogen-bond acceptors (Lipinski definition) is 6. The number of H-pyrrole nitrogens is 1. The van der Waals surface area contributed by atoms with Crippen molar-refractivity contribution in [2.24, 2.45) is 0 Å². The van der Waals surface area contributed by atoms with Crippen molar-refractivity contribution >= 4 is 12.2 Å². The molecule has 0 spiro atoms. The van der Waals surface area contributed by atoms with Crippen LogP contribution in [-0.2, 0) is 16.1 Å². The first-order valence-electron chi connectivity index (χ1n) is 12.4. The Balaban J connectivity index is 1.60. The summed E-state index contributed by atoms with van der Waals surface area (Å²) in [6.45, 7) is 6.12. The first kappa shape index (κ1) is 27.6. The summed E-state index contributed by atoms with van der Waals surface area (Å²) < 4.78 is 15.9. The number of nitrogens with one attached hydrogen (secondary N) is 3. The highest BCUT2D eigenvalue weighted by molar-refractivity contribution is 5.68. The van der Waals surface area contributed by atoms with Gasteiger partial charge >= 0.3 is 12.2 Å². The predicted octanol–water partition coefficient (Wildman–Crippen LogP) is 5.75. The number of aromatic amines is 1. The number of ether oxygens (including phenoxy) is 3. The molecule has 9 heteroatoms. The van der Waals surface area contributed by atoms with Gasteiger partial charge in [-0.15, -0.1) is 0 Å². The van der Waals surface area contributed by atoms with Crippen molar-refractivity contribution in [2.45, 2.75) is 58.3 Å². The molecule has 3 rings (SSSR count). The zero-order valence-electron chi connectivity index (χ0n) is 21.9. The van der Waals surface area contributed by atoms with Gasteiger partial charge in [0.15, 0.2) is 0 Å². The van der Waals surface area contributed by atoms with Crippen LogP contribution in [0, 0.1) is 0 Å². The number of carbonyl (C=O) groups is 2. The maximum absolute atomic E-state index is 12.6. The summed E-state index contributed by atoms with van der Waals surface area (Å²) in [6.07, 6.45) is 2.86. The van der Waals surface area contributed by atoms with Crippen LogP contribution < -0.4 is 15.4 Å². The predicted molar refractivity (Wildman–Crippen MR) is 141 cm³/mol. The lowest BCUT2D eigenvalue weighted by atomic mass is 10.1. The number of rotatable bonds is 11. The van der Waals surface area contributed by atoms with E-state index >= 15 is 0 Å². The maximum atomic E-state index is 12.6. The van der Waals surface area contributed by atoms with Gasteiger partial charge in [0.2, 0.25) is 0 Å². The van der Waals surface area contributed by atoms with E-state index < -0.39 is 17.8 Å². The number of unbranched alkanes of at least 4 members (excludes halogenated alkanes) is 1. The van der Waals surface area contributed by atoms with Crippen LogP contribution in [0.15, 0.2) is 60.8 Å². The SMILES string of the molecule is COc1ccc(-c2ncc([C@H](CCCCNC(=O)OC(C)(C)C)NC(=O)OCc3ccccc3)[nH]2)cc1. The number of nitrogens with zero attached hydrogens (tertiary/aromatic N) is 1. The summed E-state index contributed by atoms with van der Waals surface area (Å²) in [6, 6.07) is 16.7. The lowest BCUT2D eigenvalue weighted by Crippen LogP contribution is -2.33. The van der Waals surface area contributed by atoms with E-state index in [2.05, 4.69) is 20.6 Å². The summed E-state index contributed by atoms with van der Waals surface area (Å²) >= 11 is 0. The molecule has 0 saturated carbocycles. The summed E-state index contributed by atoms with van der Waals surface area (Å²) in [4.78, 5) is 32.3. The average Bonchev–Trinajstić information content (AvgIpc) is 3.36. The zero-order chi connectivity index (χ0) is 26.7. The molecule has 0 aliphatic carbocycles. The van der Waals surface area contributed by atoms with E-state index in [1.54, 1.807) is 13.3 Å². The Labute approximate surface area is 217 Å². The lowest BCUT2D eigenvalue weighted by molar-refractivity contribution is 0.0527. The molecule has 0 radical (unpaired) electrons. The highest BCUT2D eigenvalue weighted by atomic mass is 16.6. The molecule has 3 N–H and O–H groups in total. The average molecular weight is 509 g/mol. The van der Waals surface area contributed by atoms with Crippen molar-refractivity contribution in [2.75, 3.05) is 13.7 Å². The number of methoxy groups -OCH3 is 1. The van der Waals surface area contributed by atoms with Gasteiger partial charge in [0.25, 0.3) is 0 Å². The van der Waals surface area contributed by atoms with Crippen LogP contribution in [-0.4, -0.2) is 41.4 Å². The molecular weight excluding hydrogens is 472 g/mol. The maximum Gasteiger partial charge on any atom is 0.408 e. The first-order valence-corrected chi connectivity index (χ1v) is 12.4. The molecule has 3 aromatic rings. The normalized spacial score (nSPS) is 11.9. The molecule has 198 valence electrons. The van der Waals surface area contributed by atoms with Gasteiger partial charge in [-0.25, -0.2) is 14.6 Å². The molecule has 0 bridgehead atoms. The highest BCUT2D eigenvalue weighted by Gasteiger charge is 2.19. The quantitative estimate of drug-likeness (QED) is 0.284. The van der Waals surface area contributed by atoms with Gasteiger partial charge in [-0.2, -0.15) is 0 Å². The van der Waals surface area contributed by atoms with Crippen molar-refractivity contribution in [3.05, 3.63) is 72.1 Å². The van der Waals surface area contributed by atoms with Crippen molar-refractivity contribution in [1.29, 1.82) is 0 Å². The van der Waals surface area contributed by atoms with Crippen molar-refractivity contribution < 1.29 is 23.8 Å². The number of hydrogen-bond donors (Lipinski definition) is 3. The fourth-order valence-corrected chi connectivity index (χ4v) is 3.60. The second-order valence-electron chi connectivity index (χ2n) is 9.60. The third kappa shape index (κ3) is 9.51. The number of alkyl carbamates (subject to hydrolysis) is 2. The standard InChI is InChI=1S/C28H36N4O5/c1-28(2,3)37-26(33)29-17-9-8-12-23(32-27(34)36-19-20-10-6-5-7-11-20)24-18-30-25(31-24)21-13-15-22(35-4)16-14-21/h5-7,10-11,13-16,18,23H,8-9,12,17,19H2,1-4H3,(H,29,33)(H,30,31)(H,32,34)/t23-/m0/s1. The Hall–Kier alpha value is -4.01. The second-order valence-corrected chi connectivity index (χ2v) is 9.60. The number of imidazole rings is 1. The van der Waals surface area contributed by atoms with Gasteiger partial charge in [-0.3, -0.25) is 0 Å². The smallest absolute Gasteiger partial charge is 0.408 e. The third-order valence-corrected chi connectivity index (χ3v) is 5.43. The molecule has 1 heterocycles. The van der Waals surface area contributed by atoms with Crippen LogP contribution in [0.4, 0.5) is 9.59 Å². The topological polar surface area (TPSA) is 115 Å². The van der Waals surface area contributed by atoms with Crippen LogP contribution in [0.1, 0.15) is 57.3 Å². The van der Waals surface area contributed by atoms with E-state index in [0.717, 1.165) is 35.4 Å². The number of aromatic nitrogens is 2. The summed E-state index contributed by atoms with van der Waals surface area (Å²) in [5.41, 5.74) is 2.04. The Bertz CT molecular complexity index is 1120. The van der Waals surface area contributed by atoms with E-state index in [0.29, 0.717) is 18.8 Å². The van der Waals surface area contributed by atoms with Crippen molar-refractivity contribution in [3.8, 4) is 17.1 Å². The monoisotopic (exact) mass is 508 g/mol. The first-order chi connectivity index (χ1) is 17.7. The Morgan fingerprint density at radius 3 is 2.41 bits per heavy atom. The Kier molecular flexibility index (Phi) is 9.94. The molecule has 2 amide bonds. The van der Waals surface area contributed by atoms with Crippen LogP contribution in [0.5, 0.6) is 5.75 Å². The van der Waals surface area contributed by atoms with Crippen LogP contribution in [0.2, 0.25) is 0 Å². The lowest BCUT2D eigenvalue weighted by Gasteiger charge is -2.20. The van der Waals surface area contributed by atoms with Gasteiger partial charge in [0.1, 0.15) is 23.8 Å². The molecule has 1 atom stereocenters. The van der Waals surface area contributed by atoms with Gasteiger partial charge in [-0.05, 0) is 69.9 Å². The Morgan fingerprint density at radius 2 is 1.73 bits per heavy atom. The molecule has 0 saturated heterocycles. The molecule has 0 aliphatic heterocycles. The molecule has 9 nitrogen and oxygen atoms in total. The highest BCUT2D eigenvalue weighted by Crippen LogP contribution is 2.24. The minimum absolute atomic E-state index is 0.180. The molecule has 37 heavy (non-hydrogen) atoms. The molecular formula is C28H36N4O5. The fraction of sp³-hybridized carbons (Fsp3) is 0.393. The summed E-state index contributed by atoms with van der Waals surface area (Å²) in [5.74, 6) is 1.45. The number of benzene rings is 2. The second kappa shape index (κ2) is 13.3. The molecule has 0 unspecified atom stereocenters. The minimum Gasteiger partial charge on any atom is -0.497 e. The van der Waals surface area contributed by atoms with E-state index in [1.165, 1.54) is 0 Å². The van der Waals surface area contributed by atoms with Crippen LogP contribution in [0.25, 0.3) is 11.4 Å². The number of amides is 2. The van der Waals surface area contributed by atoms with E-state index in [4.69, 9.17) is 14.2 Å². The van der Waals surface area contributed by atoms with Gasteiger partial charge in [0.05, 0.1) is 25.0 Å². The van der Waals surface area contributed by atoms with Gasteiger partial charge < -0.3 is 29.8 Å². The molecule has 2 aromatic carbocycles. The summed E-state index contributed by atoms with van der Waals surface area (Å²) in [7, 11) is 1.62. The van der Waals surface area contributed by atoms with Gasteiger partial charge in [-0.1, -0.05) is 30.3 Å². The van der Waals surface area contributed by atoms with Crippen molar-refractivity contribution in [3.63, 3.8) is 0 Å². The molecule has 1 aromatic heterocycles. The van der Waals surface area contributed by atoms with E-state index in [-0.39, 0.29) is 12.6 Å².